The molecule has 0 radical (unpaired) electrons. The quantitative estimate of drug-likeness (QED) is 0.746. The lowest BCUT2D eigenvalue weighted by atomic mass is 10.1. The second-order valence-corrected chi connectivity index (χ2v) is 3.92. The van der Waals surface area contributed by atoms with Crippen LogP contribution in [0.5, 0.6) is 0 Å². The molecule has 5 nitrogen and oxygen atoms in total. The number of likely N-dealkylation sites (N-methyl/N-ethyl adjacent to an activating group) is 1. The van der Waals surface area contributed by atoms with Crippen molar-refractivity contribution in [3.05, 3.63) is 29.3 Å². The molecule has 17 heavy (non-hydrogen) atoms. The van der Waals surface area contributed by atoms with Crippen LogP contribution in [-0.4, -0.2) is 29.8 Å². The SMILES string of the molecule is CCN(CC(N)=O)C(=O)c1cc(C)cc(N)c1. The van der Waals surface area contributed by atoms with Gasteiger partial charge in [0, 0.05) is 17.8 Å². The monoisotopic (exact) mass is 235 g/mol. The van der Waals surface area contributed by atoms with Crippen molar-refractivity contribution in [2.24, 2.45) is 5.73 Å². The fraction of sp³-hybridized carbons (Fsp3) is 0.333. The highest BCUT2D eigenvalue weighted by Gasteiger charge is 2.16. The van der Waals surface area contributed by atoms with Crippen LogP contribution in [0.3, 0.4) is 0 Å². The number of carbonyl (C=O) groups excluding carboxylic acids is 2. The highest BCUT2D eigenvalue weighted by molar-refractivity contribution is 5.97. The molecule has 0 aliphatic heterocycles. The predicted octanol–water partition coefficient (Wildman–Crippen LogP) is 0.525. The second kappa shape index (κ2) is 5.34. The average molecular weight is 235 g/mol. The normalized spacial score (nSPS) is 10.0. The lowest BCUT2D eigenvalue weighted by molar-refractivity contribution is -0.118. The van der Waals surface area contributed by atoms with Crippen molar-refractivity contribution in [3.63, 3.8) is 0 Å². The molecule has 4 N–H and O–H groups in total. The number of nitrogens with zero attached hydrogens (tertiary/aromatic N) is 1. The van der Waals surface area contributed by atoms with Crippen LogP contribution < -0.4 is 11.5 Å². The van der Waals surface area contributed by atoms with Crippen molar-refractivity contribution >= 4 is 17.5 Å². The van der Waals surface area contributed by atoms with Crippen molar-refractivity contribution in [3.8, 4) is 0 Å². The number of amides is 2. The summed E-state index contributed by atoms with van der Waals surface area (Å²) in [6.45, 7) is 4.00. The molecule has 2 amide bonds. The Morgan fingerprint density at radius 2 is 1.94 bits per heavy atom. The molecule has 0 atom stereocenters. The Labute approximate surface area is 100 Å². The van der Waals surface area contributed by atoms with Gasteiger partial charge in [-0.05, 0) is 37.6 Å². The maximum absolute atomic E-state index is 12.1. The van der Waals surface area contributed by atoms with Gasteiger partial charge in [-0.1, -0.05) is 0 Å². The Hall–Kier alpha value is -2.04. The van der Waals surface area contributed by atoms with E-state index in [0.717, 1.165) is 5.56 Å². The van der Waals surface area contributed by atoms with E-state index in [4.69, 9.17) is 11.5 Å². The largest absolute Gasteiger partial charge is 0.399 e. The standard InChI is InChI=1S/C12H17N3O2/c1-3-15(7-11(14)16)12(17)9-4-8(2)5-10(13)6-9/h4-6H,3,7,13H2,1-2H3,(H2,14,16). The van der Waals surface area contributed by atoms with E-state index in [0.29, 0.717) is 17.8 Å². The first-order valence-electron chi connectivity index (χ1n) is 5.38. The topological polar surface area (TPSA) is 89.4 Å². The highest BCUT2D eigenvalue weighted by Crippen LogP contribution is 2.13. The van der Waals surface area contributed by atoms with E-state index >= 15 is 0 Å². The van der Waals surface area contributed by atoms with Gasteiger partial charge in [-0.2, -0.15) is 0 Å². The Balaban J connectivity index is 2.97. The van der Waals surface area contributed by atoms with E-state index in [2.05, 4.69) is 0 Å². The number of primary amides is 1. The summed E-state index contributed by atoms with van der Waals surface area (Å²) >= 11 is 0. The van der Waals surface area contributed by atoms with Gasteiger partial charge in [-0.3, -0.25) is 9.59 Å². The number of hydrogen-bond acceptors (Lipinski definition) is 3. The number of benzene rings is 1. The first kappa shape index (κ1) is 13.0. The third-order valence-corrected chi connectivity index (χ3v) is 2.36. The van der Waals surface area contributed by atoms with Crippen molar-refractivity contribution in [2.75, 3.05) is 18.8 Å². The molecule has 0 aliphatic rings. The molecule has 0 aliphatic carbocycles. The lowest BCUT2D eigenvalue weighted by Crippen LogP contribution is -2.38. The average Bonchev–Trinajstić information content (AvgIpc) is 2.23. The van der Waals surface area contributed by atoms with E-state index in [-0.39, 0.29) is 12.5 Å². The van der Waals surface area contributed by atoms with Crippen LogP contribution in [-0.2, 0) is 4.79 Å². The molecule has 1 aromatic rings. The van der Waals surface area contributed by atoms with Crippen LogP contribution in [0.4, 0.5) is 5.69 Å². The molecule has 0 aromatic heterocycles. The van der Waals surface area contributed by atoms with Crippen LogP contribution in [0, 0.1) is 6.92 Å². The molecule has 1 rings (SSSR count). The zero-order valence-corrected chi connectivity index (χ0v) is 10.1. The summed E-state index contributed by atoms with van der Waals surface area (Å²) < 4.78 is 0. The summed E-state index contributed by atoms with van der Waals surface area (Å²) in [5.41, 5.74) is 12.7. The molecule has 0 saturated carbocycles. The molecule has 92 valence electrons. The van der Waals surface area contributed by atoms with Crippen LogP contribution in [0.2, 0.25) is 0 Å². The number of rotatable bonds is 4. The summed E-state index contributed by atoms with van der Waals surface area (Å²) in [4.78, 5) is 24.3. The molecule has 0 bridgehead atoms. The van der Waals surface area contributed by atoms with Gasteiger partial charge in [-0.15, -0.1) is 0 Å². The Morgan fingerprint density at radius 3 is 2.41 bits per heavy atom. The Morgan fingerprint density at radius 1 is 1.29 bits per heavy atom. The summed E-state index contributed by atoms with van der Waals surface area (Å²) in [7, 11) is 0. The van der Waals surface area contributed by atoms with Gasteiger partial charge < -0.3 is 16.4 Å². The third kappa shape index (κ3) is 3.48. The van der Waals surface area contributed by atoms with Crippen LogP contribution in [0.15, 0.2) is 18.2 Å². The molecular formula is C12H17N3O2. The number of anilines is 1. The van der Waals surface area contributed by atoms with E-state index in [9.17, 15) is 9.59 Å². The number of carbonyl (C=O) groups is 2. The summed E-state index contributed by atoms with van der Waals surface area (Å²) in [5, 5.41) is 0. The molecule has 0 saturated heterocycles. The molecule has 0 spiro atoms. The van der Waals surface area contributed by atoms with Crippen molar-refractivity contribution in [1.29, 1.82) is 0 Å². The van der Waals surface area contributed by atoms with Gasteiger partial charge in [0.25, 0.3) is 5.91 Å². The Bertz CT molecular complexity index is 423. The third-order valence-electron chi connectivity index (χ3n) is 2.36. The van der Waals surface area contributed by atoms with Gasteiger partial charge in [0.05, 0.1) is 6.54 Å². The van der Waals surface area contributed by atoms with Crippen molar-refractivity contribution in [1.82, 2.24) is 4.90 Å². The molecule has 0 fully saturated rings. The summed E-state index contributed by atoms with van der Waals surface area (Å²) in [5.74, 6) is -0.762. The molecule has 0 heterocycles. The molecule has 0 unspecified atom stereocenters. The van der Waals surface area contributed by atoms with Gasteiger partial charge in [0.15, 0.2) is 0 Å². The maximum atomic E-state index is 12.1. The smallest absolute Gasteiger partial charge is 0.254 e. The van der Waals surface area contributed by atoms with Crippen molar-refractivity contribution < 1.29 is 9.59 Å². The summed E-state index contributed by atoms with van der Waals surface area (Å²) in [6.07, 6.45) is 0. The number of nitrogens with two attached hydrogens (primary N) is 2. The van der Waals surface area contributed by atoms with Gasteiger partial charge >= 0.3 is 0 Å². The zero-order chi connectivity index (χ0) is 13.0. The van der Waals surface area contributed by atoms with Gasteiger partial charge in [0.2, 0.25) is 5.91 Å². The molecular weight excluding hydrogens is 218 g/mol. The zero-order valence-electron chi connectivity index (χ0n) is 10.1. The minimum absolute atomic E-state index is 0.0802. The number of nitrogen functional groups attached to an aromatic ring is 1. The fourth-order valence-electron chi connectivity index (χ4n) is 1.63. The van der Waals surface area contributed by atoms with E-state index < -0.39 is 5.91 Å². The minimum atomic E-state index is -0.527. The minimum Gasteiger partial charge on any atom is -0.399 e. The van der Waals surface area contributed by atoms with Crippen LogP contribution in [0.1, 0.15) is 22.8 Å². The molecule has 5 heteroatoms. The highest BCUT2D eigenvalue weighted by atomic mass is 16.2. The first-order chi connectivity index (χ1) is 7.93. The maximum Gasteiger partial charge on any atom is 0.254 e. The van der Waals surface area contributed by atoms with Crippen LogP contribution in [0.25, 0.3) is 0 Å². The number of hydrogen-bond donors (Lipinski definition) is 2. The van der Waals surface area contributed by atoms with E-state index in [1.165, 1.54) is 4.90 Å². The second-order valence-electron chi connectivity index (χ2n) is 3.92. The number of aryl methyl sites for hydroxylation is 1. The predicted molar refractivity (Wildman–Crippen MR) is 66.4 cm³/mol. The Kier molecular flexibility index (Phi) is 4.09. The van der Waals surface area contributed by atoms with E-state index in [1.54, 1.807) is 25.1 Å². The van der Waals surface area contributed by atoms with Crippen LogP contribution >= 0.6 is 0 Å². The lowest BCUT2D eigenvalue weighted by Gasteiger charge is -2.19. The van der Waals surface area contributed by atoms with E-state index in [1.807, 2.05) is 6.92 Å². The fourth-order valence-corrected chi connectivity index (χ4v) is 1.63. The molecule has 1 aromatic carbocycles. The first-order valence-corrected chi connectivity index (χ1v) is 5.38. The van der Waals surface area contributed by atoms with Gasteiger partial charge in [-0.25, -0.2) is 0 Å². The van der Waals surface area contributed by atoms with Gasteiger partial charge in [0.1, 0.15) is 0 Å². The summed E-state index contributed by atoms with van der Waals surface area (Å²) in [6, 6.07) is 5.11. The van der Waals surface area contributed by atoms with Crippen molar-refractivity contribution in [2.45, 2.75) is 13.8 Å².